The van der Waals surface area contributed by atoms with Gasteiger partial charge in [0.25, 0.3) is 0 Å². The Labute approximate surface area is 102 Å². The van der Waals surface area contributed by atoms with E-state index in [2.05, 4.69) is 22.0 Å². The summed E-state index contributed by atoms with van der Waals surface area (Å²) in [6, 6.07) is 0. The van der Waals surface area contributed by atoms with Crippen molar-refractivity contribution in [1.82, 2.24) is 15.1 Å². The summed E-state index contributed by atoms with van der Waals surface area (Å²) < 4.78 is 7.83. The highest BCUT2D eigenvalue weighted by Crippen LogP contribution is 2.33. The molecule has 0 radical (unpaired) electrons. The molecule has 1 fully saturated rings. The molecule has 2 heterocycles. The minimum Gasteiger partial charge on any atom is -0.381 e. The molecule has 1 aromatic rings. The lowest BCUT2D eigenvalue weighted by Gasteiger charge is -2.25. The third kappa shape index (κ3) is 2.38. The Bertz CT molecular complexity index is 384. The molecule has 94 valence electrons. The van der Waals surface area contributed by atoms with Crippen LogP contribution in [-0.4, -0.2) is 29.5 Å². The van der Waals surface area contributed by atoms with Crippen molar-refractivity contribution in [2.45, 2.75) is 38.8 Å². The zero-order valence-electron chi connectivity index (χ0n) is 10.5. The highest BCUT2D eigenvalue weighted by molar-refractivity contribution is 5.25. The molecule has 4 nitrogen and oxygen atoms in total. The summed E-state index contributed by atoms with van der Waals surface area (Å²) in [5, 5.41) is 8.01. The van der Waals surface area contributed by atoms with Crippen LogP contribution in [0.2, 0.25) is 0 Å². The Morgan fingerprint density at radius 2 is 2.41 bits per heavy atom. The van der Waals surface area contributed by atoms with Crippen LogP contribution in [0.1, 0.15) is 36.9 Å². The maximum Gasteiger partial charge on any atom is 0.0562 e. The second kappa shape index (κ2) is 4.78. The molecule has 1 N–H and O–H groups in total. The molecule has 1 saturated carbocycles. The molecule has 0 bridgehead atoms. The van der Waals surface area contributed by atoms with Crippen LogP contribution in [0, 0.1) is 5.92 Å². The molecule has 1 aromatic heterocycles. The fraction of sp³-hybridized carbons (Fsp3) is 0.769. The quantitative estimate of drug-likeness (QED) is 0.841. The summed E-state index contributed by atoms with van der Waals surface area (Å²) in [4.78, 5) is 0. The molecule has 3 rings (SSSR count). The topological polar surface area (TPSA) is 39.1 Å². The molecular formula is C13H21N3O. The standard InChI is InChI=1S/C13H21N3O/c1-2-17-9-12-6-14-5-11-7-15-16(13(11)12)8-10-3-4-10/h7,10,12,14H,2-6,8-9H2,1H3/t12-/m0/s1. The molecular weight excluding hydrogens is 214 g/mol. The average Bonchev–Trinajstić information content (AvgIpc) is 3.07. The van der Waals surface area contributed by atoms with Gasteiger partial charge in [-0.1, -0.05) is 0 Å². The van der Waals surface area contributed by atoms with E-state index >= 15 is 0 Å². The third-order valence-corrected chi connectivity index (χ3v) is 3.70. The summed E-state index contributed by atoms with van der Waals surface area (Å²) >= 11 is 0. The van der Waals surface area contributed by atoms with Crippen molar-refractivity contribution < 1.29 is 4.74 Å². The third-order valence-electron chi connectivity index (χ3n) is 3.70. The van der Waals surface area contributed by atoms with E-state index in [0.717, 1.165) is 38.8 Å². The van der Waals surface area contributed by atoms with E-state index in [0.29, 0.717) is 5.92 Å². The number of nitrogens with one attached hydrogen (secondary N) is 1. The van der Waals surface area contributed by atoms with E-state index in [4.69, 9.17) is 4.74 Å². The zero-order chi connectivity index (χ0) is 11.7. The van der Waals surface area contributed by atoms with Gasteiger partial charge in [0.05, 0.1) is 12.8 Å². The summed E-state index contributed by atoms with van der Waals surface area (Å²) in [5.74, 6) is 1.35. The van der Waals surface area contributed by atoms with E-state index in [-0.39, 0.29) is 0 Å². The van der Waals surface area contributed by atoms with Crippen molar-refractivity contribution in [3.8, 4) is 0 Å². The Kier molecular flexibility index (Phi) is 3.16. The highest BCUT2D eigenvalue weighted by Gasteiger charge is 2.28. The zero-order valence-corrected chi connectivity index (χ0v) is 10.5. The van der Waals surface area contributed by atoms with Crippen molar-refractivity contribution in [2.24, 2.45) is 5.92 Å². The number of rotatable bonds is 5. The summed E-state index contributed by atoms with van der Waals surface area (Å²) in [6.45, 7) is 6.75. The highest BCUT2D eigenvalue weighted by atomic mass is 16.5. The van der Waals surface area contributed by atoms with Crippen LogP contribution < -0.4 is 5.32 Å². The molecule has 17 heavy (non-hydrogen) atoms. The van der Waals surface area contributed by atoms with E-state index in [1.165, 1.54) is 24.1 Å². The van der Waals surface area contributed by atoms with Crippen LogP contribution in [0.3, 0.4) is 0 Å². The predicted molar refractivity (Wildman–Crippen MR) is 65.9 cm³/mol. The van der Waals surface area contributed by atoms with Gasteiger partial charge in [-0.05, 0) is 25.7 Å². The first-order valence-corrected chi connectivity index (χ1v) is 6.71. The van der Waals surface area contributed by atoms with E-state index in [9.17, 15) is 0 Å². The van der Waals surface area contributed by atoms with Gasteiger partial charge in [-0.15, -0.1) is 0 Å². The van der Waals surface area contributed by atoms with Crippen LogP contribution in [0.4, 0.5) is 0 Å². The number of nitrogens with zero attached hydrogens (tertiary/aromatic N) is 2. The van der Waals surface area contributed by atoms with Gasteiger partial charge >= 0.3 is 0 Å². The van der Waals surface area contributed by atoms with Crippen LogP contribution in [0.25, 0.3) is 0 Å². The number of ether oxygens (including phenoxy) is 1. The van der Waals surface area contributed by atoms with Crippen molar-refractivity contribution in [1.29, 1.82) is 0 Å². The fourth-order valence-corrected chi connectivity index (χ4v) is 2.61. The van der Waals surface area contributed by atoms with Crippen LogP contribution in [0.15, 0.2) is 6.20 Å². The Morgan fingerprint density at radius 1 is 1.53 bits per heavy atom. The first-order chi connectivity index (χ1) is 8.38. The average molecular weight is 235 g/mol. The Hall–Kier alpha value is -0.870. The first kappa shape index (κ1) is 11.2. The van der Waals surface area contributed by atoms with Crippen molar-refractivity contribution in [3.63, 3.8) is 0 Å². The molecule has 0 amide bonds. The number of hydrogen-bond donors (Lipinski definition) is 1. The molecule has 0 spiro atoms. The molecule has 2 aliphatic rings. The molecule has 1 aliphatic heterocycles. The number of hydrogen-bond acceptors (Lipinski definition) is 3. The van der Waals surface area contributed by atoms with Crippen molar-refractivity contribution in [3.05, 3.63) is 17.5 Å². The largest absolute Gasteiger partial charge is 0.381 e. The summed E-state index contributed by atoms with van der Waals surface area (Å²) in [7, 11) is 0. The second-order valence-corrected chi connectivity index (χ2v) is 5.17. The monoisotopic (exact) mass is 235 g/mol. The predicted octanol–water partition coefficient (Wildman–Crippen LogP) is 1.52. The number of fused-ring (bicyclic) bond motifs is 1. The SMILES string of the molecule is CCOC[C@@H]1CNCc2cnn(CC3CC3)c21. The van der Waals surface area contributed by atoms with Gasteiger partial charge in [0, 0.05) is 43.4 Å². The minimum absolute atomic E-state index is 0.472. The van der Waals surface area contributed by atoms with Crippen molar-refractivity contribution >= 4 is 0 Å². The van der Waals surface area contributed by atoms with Gasteiger partial charge in [0.2, 0.25) is 0 Å². The second-order valence-electron chi connectivity index (χ2n) is 5.17. The molecule has 1 aliphatic carbocycles. The minimum atomic E-state index is 0.472. The fourth-order valence-electron chi connectivity index (χ4n) is 2.61. The molecule has 0 saturated heterocycles. The lowest BCUT2D eigenvalue weighted by Crippen LogP contribution is -2.32. The van der Waals surface area contributed by atoms with Gasteiger partial charge in [0.1, 0.15) is 0 Å². The maximum absolute atomic E-state index is 5.59. The maximum atomic E-state index is 5.59. The normalized spacial score (nSPS) is 23.7. The van der Waals surface area contributed by atoms with Crippen LogP contribution in [0.5, 0.6) is 0 Å². The van der Waals surface area contributed by atoms with Gasteiger partial charge in [0.15, 0.2) is 0 Å². The number of aromatic nitrogens is 2. The van der Waals surface area contributed by atoms with Gasteiger partial charge in [-0.2, -0.15) is 5.10 Å². The summed E-state index contributed by atoms with van der Waals surface area (Å²) in [5.41, 5.74) is 2.78. The lowest BCUT2D eigenvalue weighted by atomic mass is 9.98. The van der Waals surface area contributed by atoms with Gasteiger partial charge in [-0.3, -0.25) is 4.68 Å². The smallest absolute Gasteiger partial charge is 0.0562 e. The van der Waals surface area contributed by atoms with E-state index in [1.807, 2.05) is 6.20 Å². The first-order valence-electron chi connectivity index (χ1n) is 6.71. The van der Waals surface area contributed by atoms with E-state index in [1.54, 1.807) is 0 Å². The molecule has 0 unspecified atom stereocenters. The Morgan fingerprint density at radius 3 is 3.18 bits per heavy atom. The van der Waals surface area contributed by atoms with Gasteiger partial charge in [-0.25, -0.2) is 0 Å². The van der Waals surface area contributed by atoms with Crippen molar-refractivity contribution in [2.75, 3.05) is 19.8 Å². The Balaban J connectivity index is 1.79. The van der Waals surface area contributed by atoms with Crippen LogP contribution >= 0.6 is 0 Å². The van der Waals surface area contributed by atoms with E-state index < -0.39 is 0 Å². The van der Waals surface area contributed by atoms with Gasteiger partial charge < -0.3 is 10.1 Å². The molecule has 0 aromatic carbocycles. The molecule has 1 atom stereocenters. The molecule has 4 heteroatoms. The van der Waals surface area contributed by atoms with Crippen LogP contribution in [-0.2, 0) is 17.8 Å². The summed E-state index contributed by atoms with van der Waals surface area (Å²) in [6.07, 6.45) is 4.79. The lowest BCUT2D eigenvalue weighted by molar-refractivity contribution is 0.127.